The van der Waals surface area contributed by atoms with Gasteiger partial charge in [0, 0.05) is 0 Å². The molecule has 0 aromatic heterocycles. The Morgan fingerprint density at radius 2 is 1.54 bits per heavy atom. The molecule has 0 aliphatic heterocycles. The van der Waals surface area contributed by atoms with Crippen LogP contribution in [-0.2, 0) is 0 Å². The van der Waals surface area contributed by atoms with Crippen molar-refractivity contribution in [1.82, 2.24) is 0 Å². The smallest absolute Gasteiger partial charge is 0.0624 e. The molecular weight excluding hydrogens is 160 g/mol. The second-order valence-corrected chi connectivity index (χ2v) is 4.98. The summed E-state index contributed by atoms with van der Waals surface area (Å²) >= 11 is 0. The normalized spacial score (nSPS) is 16.6. The van der Waals surface area contributed by atoms with Gasteiger partial charge in [-0.3, -0.25) is 0 Å². The first-order valence-electron chi connectivity index (χ1n) is 5.63. The van der Waals surface area contributed by atoms with Crippen LogP contribution in [0, 0.1) is 11.8 Å². The van der Waals surface area contributed by atoms with Crippen LogP contribution in [0.1, 0.15) is 60.3 Å². The summed E-state index contributed by atoms with van der Waals surface area (Å²) in [4.78, 5) is 0. The lowest BCUT2D eigenvalue weighted by molar-refractivity contribution is 0.0131. The van der Waals surface area contributed by atoms with Gasteiger partial charge < -0.3 is 5.11 Å². The molecule has 0 aliphatic rings. The van der Waals surface area contributed by atoms with Crippen LogP contribution in [0.3, 0.4) is 0 Å². The van der Waals surface area contributed by atoms with E-state index >= 15 is 0 Å². The predicted molar refractivity (Wildman–Crippen MR) is 58.8 cm³/mol. The SMILES string of the molecule is CCC(CC)CC(C)(O)CC(C)C. The summed E-state index contributed by atoms with van der Waals surface area (Å²) in [6.07, 6.45) is 4.25. The zero-order valence-electron chi connectivity index (χ0n) is 9.93. The Bertz CT molecular complexity index is 123. The van der Waals surface area contributed by atoms with Gasteiger partial charge in [0.2, 0.25) is 0 Å². The van der Waals surface area contributed by atoms with Crippen LogP contribution in [0.5, 0.6) is 0 Å². The fourth-order valence-corrected chi connectivity index (χ4v) is 2.16. The van der Waals surface area contributed by atoms with E-state index in [1.807, 2.05) is 6.92 Å². The maximum absolute atomic E-state index is 10.1. The minimum atomic E-state index is -0.454. The van der Waals surface area contributed by atoms with Crippen molar-refractivity contribution >= 4 is 0 Å². The Hall–Kier alpha value is -0.0400. The van der Waals surface area contributed by atoms with Crippen LogP contribution in [0.15, 0.2) is 0 Å². The van der Waals surface area contributed by atoms with E-state index in [0.717, 1.165) is 12.8 Å². The zero-order valence-corrected chi connectivity index (χ0v) is 9.93. The van der Waals surface area contributed by atoms with E-state index in [9.17, 15) is 5.11 Å². The van der Waals surface area contributed by atoms with E-state index in [1.165, 1.54) is 12.8 Å². The van der Waals surface area contributed by atoms with Gasteiger partial charge in [0.15, 0.2) is 0 Å². The minimum Gasteiger partial charge on any atom is -0.390 e. The van der Waals surface area contributed by atoms with Gasteiger partial charge in [-0.05, 0) is 31.6 Å². The van der Waals surface area contributed by atoms with Crippen LogP contribution in [0.25, 0.3) is 0 Å². The molecule has 1 nitrogen and oxygen atoms in total. The highest BCUT2D eigenvalue weighted by atomic mass is 16.3. The Labute approximate surface area is 83.5 Å². The van der Waals surface area contributed by atoms with Crippen LogP contribution < -0.4 is 0 Å². The maximum Gasteiger partial charge on any atom is 0.0624 e. The van der Waals surface area contributed by atoms with Crippen LogP contribution >= 0.6 is 0 Å². The first-order chi connectivity index (χ1) is 5.91. The summed E-state index contributed by atoms with van der Waals surface area (Å²) < 4.78 is 0. The summed E-state index contributed by atoms with van der Waals surface area (Å²) in [5, 5.41) is 10.1. The molecule has 0 rings (SSSR count). The monoisotopic (exact) mass is 186 g/mol. The Balaban J connectivity index is 3.98. The lowest BCUT2D eigenvalue weighted by Gasteiger charge is -2.29. The quantitative estimate of drug-likeness (QED) is 0.672. The highest BCUT2D eigenvalue weighted by Gasteiger charge is 2.24. The zero-order chi connectivity index (χ0) is 10.5. The molecule has 0 fully saturated rings. The average molecular weight is 186 g/mol. The van der Waals surface area contributed by atoms with E-state index in [-0.39, 0.29) is 0 Å². The highest BCUT2D eigenvalue weighted by molar-refractivity contribution is 4.77. The third-order valence-electron chi connectivity index (χ3n) is 2.73. The van der Waals surface area contributed by atoms with Gasteiger partial charge in [-0.1, -0.05) is 40.5 Å². The molecule has 0 heterocycles. The second-order valence-electron chi connectivity index (χ2n) is 4.98. The molecule has 80 valence electrons. The second kappa shape index (κ2) is 5.64. The molecule has 0 aromatic rings. The van der Waals surface area contributed by atoms with Gasteiger partial charge in [-0.25, -0.2) is 0 Å². The van der Waals surface area contributed by atoms with E-state index in [2.05, 4.69) is 27.7 Å². The fourth-order valence-electron chi connectivity index (χ4n) is 2.16. The molecule has 0 aromatic carbocycles. The van der Waals surface area contributed by atoms with Gasteiger partial charge in [-0.15, -0.1) is 0 Å². The van der Waals surface area contributed by atoms with Gasteiger partial charge in [-0.2, -0.15) is 0 Å². The molecule has 0 aliphatic carbocycles. The maximum atomic E-state index is 10.1. The molecule has 0 saturated heterocycles. The third-order valence-corrected chi connectivity index (χ3v) is 2.73. The minimum absolute atomic E-state index is 0.454. The molecule has 0 bridgehead atoms. The largest absolute Gasteiger partial charge is 0.390 e. The van der Waals surface area contributed by atoms with E-state index in [0.29, 0.717) is 11.8 Å². The first kappa shape index (κ1) is 13.0. The molecule has 0 amide bonds. The van der Waals surface area contributed by atoms with E-state index in [1.54, 1.807) is 0 Å². The number of hydrogen-bond donors (Lipinski definition) is 1. The molecule has 1 unspecified atom stereocenters. The molecular formula is C12H26O. The molecule has 0 spiro atoms. The fraction of sp³-hybridized carbons (Fsp3) is 1.00. The Kier molecular flexibility index (Phi) is 5.62. The van der Waals surface area contributed by atoms with E-state index < -0.39 is 5.60 Å². The molecule has 0 saturated carbocycles. The number of aliphatic hydroxyl groups is 1. The summed E-state index contributed by atoms with van der Waals surface area (Å²) in [6, 6.07) is 0. The van der Waals surface area contributed by atoms with Crippen molar-refractivity contribution in [3.05, 3.63) is 0 Å². The van der Waals surface area contributed by atoms with Gasteiger partial charge >= 0.3 is 0 Å². The summed E-state index contributed by atoms with van der Waals surface area (Å²) in [6.45, 7) is 10.7. The average Bonchev–Trinajstić information content (AvgIpc) is 1.97. The van der Waals surface area contributed by atoms with Crippen molar-refractivity contribution in [1.29, 1.82) is 0 Å². The van der Waals surface area contributed by atoms with Crippen LogP contribution in [0.4, 0.5) is 0 Å². The molecule has 1 N–H and O–H groups in total. The van der Waals surface area contributed by atoms with Crippen LogP contribution in [-0.4, -0.2) is 10.7 Å². The molecule has 1 heteroatoms. The number of rotatable bonds is 6. The predicted octanol–water partition coefficient (Wildman–Crippen LogP) is 3.61. The summed E-state index contributed by atoms with van der Waals surface area (Å²) in [5.74, 6) is 1.28. The Morgan fingerprint density at radius 3 is 1.85 bits per heavy atom. The van der Waals surface area contributed by atoms with Crippen molar-refractivity contribution in [3.63, 3.8) is 0 Å². The molecule has 0 radical (unpaired) electrons. The van der Waals surface area contributed by atoms with Crippen molar-refractivity contribution < 1.29 is 5.11 Å². The van der Waals surface area contributed by atoms with Crippen LogP contribution in [0.2, 0.25) is 0 Å². The van der Waals surface area contributed by atoms with Crippen molar-refractivity contribution in [2.45, 2.75) is 65.9 Å². The van der Waals surface area contributed by atoms with Crippen molar-refractivity contribution in [3.8, 4) is 0 Å². The van der Waals surface area contributed by atoms with Crippen molar-refractivity contribution in [2.24, 2.45) is 11.8 Å². The van der Waals surface area contributed by atoms with Gasteiger partial charge in [0.1, 0.15) is 0 Å². The first-order valence-corrected chi connectivity index (χ1v) is 5.63. The highest BCUT2D eigenvalue weighted by Crippen LogP contribution is 2.27. The topological polar surface area (TPSA) is 20.2 Å². The van der Waals surface area contributed by atoms with Crippen molar-refractivity contribution in [2.75, 3.05) is 0 Å². The Morgan fingerprint density at radius 1 is 1.08 bits per heavy atom. The molecule has 1 atom stereocenters. The summed E-state index contributed by atoms with van der Waals surface area (Å²) in [7, 11) is 0. The van der Waals surface area contributed by atoms with E-state index in [4.69, 9.17) is 0 Å². The third kappa shape index (κ3) is 6.09. The number of hydrogen-bond acceptors (Lipinski definition) is 1. The lowest BCUT2D eigenvalue weighted by Crippen LogP contribution is -2.29. The standard InChI is InChI=1S/C12H26O/c1-6-11(7-2)9-12(5,13)8-10(3)4/h10-11,13H,6-9H2,1-5H3. The van der Waals surface area contributed by atoms with Gasteiger partial charge in [0.25, 0.3) is 0 Å². The summed E-state index contributed by atoms with van der Waals surface area (Å²) in [5.41, 5.74) is -0.454. The lowest BCUT2D eigenvalue weighted by atomic mass is 9.83. The molecule has 13 heavy (non-hydrogen) atoms. The van der Waals surface area contributed by atoms with Gasteiger partial charge in [0.05, 0.1) is 5.60 Å².